The number of hydrogen-bond acceptors (Lipinski definition) is 8. The topological polar surface area (TPSA) is 129 Å². The van der Waals surface area contributed by atoms with Gasteiger partial charge >= 0.3 is 12.3 Å². The van der Waals surface area contributed by atoms with E-state index in [1.54, 1.807) is 58.5 Å². The summed E-state index contributed by atoms with van der Waals surface area (Å²) in [6.07, 6.45) is -2.98. The summed E-state index contributed by atoms with van der Waals surface area (Å²) >= 11 is 0. The molecular formula is C33H41F4N7O5. The maximum atomic E-state index is 15.1. The van der Waals surface area contributed by atoms with E-state index in [2.05, 4.69) is 20.8 Å². The first-order valence-corrected chi connectivity index (χ1v) is 15.8. The van der Waals surface area contributed by atoms with Crippen LogP contribution < -0.4 is 10.6 Å². The molecule has 1 aliphatic rings. The minimum atomic E-state index is -4.60. The Morgan fingerprint density at radius 2 is 1.88 bits per heavy atom. The molecule has 4 aromatic rings. The first-order chi connectivity index (χ1) is 22.9. The van der Waals surface area contributed by atoms with Crippen LogP contribution in [-0.2, 0) is 28.1 Å². The van der Waals surface area contributed by atoms with Crippen LogP contribution in [0, 0.1) is 0 Å². The Balaban J connectivity index is 1.37. The van der Waals surface area contributed by atoms with Crippen LogP contribution in [0.1, 0.15) is 57.3 Å². The normalized spacial score (nSPS) is 17.4. The molecule has 1 aliphatic heterocycles. The van der Waals surface area contributed by atoms with Crippen LogP contribution in [0.5, 0.6) is 0 Å². The quantitative estimate of drug-likeness (QED) is 0.190. The molecule has 3 aromatic heterocycles. The second-order valence-electron chi connectivity index (χ2n) is 13.7. The molecule has 0 radical (unpaired) electrons. The Bertz CT molecular complexity index is 1790. The first kappa shape index (κ1) is 35.7. The van der Waals surface area contributed by atoms with Crippen molar-refractivity contribution >= 4 is 28.6 Å². The Kier molecular flexibility index (Phi) is 10.00. The smallest absolute Gasteiger partial charge is 0.410 e. The number of hydrogen-bond donors (Lipinski definition) is 2. The fourth-order valence-electron chi connectivity index (χ4n) is 5.72. The molecule has 1 fully saturated rings. The highest BCUT2D eigenvalue weighted by Crippen LogP contribution is 2.35. The highest BCUT2D eigenvalue weighted by atomic mass is 19.4. The van der Waals surface area contributed by atoms with Crippen LogP contribution in [0.4, 0.5) is 28.0 Å². The van der Waals surface area contributed by atoms with Gasteiger partial charge in [0.1, 0.15) is 18.3 Å². The fourth-order valence-corrected chi connectivity index (χ4v) is 5.72. The highest BCUT2D eigenvalue weighted by molar-refractivity contribution is 5.96. The number of aromatic nitrogens is 4. The monoisotopic (exact) mass is 691 g/mol. The van der Waals surface area contributed by atoms with Gasteiger partial charge in [-0.05, 0) is 65.3 Å². The van der Waals surface area contributed by atoms with Crippen LogP contribution in [0.15, 0.2) is 47.2 Å². The molecule has 1 aromatic carbocycles. The van der Waals surface area contributed by atoms with Crippen LogP contribution in [0.2, 0.25) is 0 Å². The minimum Gasteiger partial charge on any atom is -0.444 e. The summed E-state index contributed by atoms with van der Waals surface area (Å²) in [6.45, 7) is 8.21. The second kappa shape index (κ2) is 13.7. The minimum absolute atomic E-state index is 0.00184. The largest absolute Gasteiger partial charge is 0.444 e. The standard InChI is InChI=1S/C33H41F4N7O5/c1-31(2,3)48-30(46)42-12-11-22(34)24(17-42)39-23-8-7-9-25-21(23)14-26(44(25)18-33(35,36)37)28-40-27(49-41-28)15-38-29(45)20-10-13-43(16-20)32(4,5)19-47-6/h7-10,13-14,16,22,24,39H,11-12,15,17-19H2,1-6H3,(H,38,45)/t22-,24+/m0/s1. The van der Waals surface area contributed by atoms with Crippen LogP contribution >= 0.6 is 0 Å². The number of methoxy groups -OCH3 is 1. The fraction of sp³-hybridized carbons (Fsp3) is 0.515. The molecule has 5 rings (SSSR count). The molecule has 12 nitrogen and oxygen atoms in total. The van der Waals surface area contributed by atoms with Crippen molar-refractivity contribution in [2.24, 2.45) is 0 Å². The summed E-state index contributed by atoms with van der Waals surface area (Å²) in [6, 6.07) is 6.99. The molecule has 0 unspecified atom stereocenters. The molecule has 0 saturated carbocycles. The molecule has 0 bridgehead atoms. The Morgan fingerprint density at radius 3 is 2.57 bits per heavy atom. The summed E-state index contributed by atoms with van der Waals surface area (Å²) in [7, 11) is 1.59. The van der Waals surface area contributed by atoms with E-state index in [-0.39, 0.29) is 54.5 Å². The van der Waals surface area contributed by atoms with Gasteiger partial charge in [0.25, 0.3) is 5.91 Å². The van der Waals surface area contributed by atoms with Crippen molar-refractivity contribution < 1.29 is 41.1 Å². The maximum absolute atomic E-state index is 15.1. The summed E-state index contributed by atoms with van der Waals surface area (Å²) < 4.78 is 75.5. The molecular weight excluding hydrogens is 650 g/mol. The van der Waals surface area contributed by atoms with E-state index >= 15 is 4.39 Å². The molecule has 0 aliphatic carbocycles. The predicted molar refractivity (Wildman–Crippen MR) is 173 cm³/mol. The molecule has 2 amide bonds. The molecule has 1 saturated heterocycles. The van der Waals surface area contributed by atoms with Crippen LogP contribution in [0.25, 0.3) is 22.4 Å². The van der Waals surface area contributed by atoms with Crippen molar-refractivity contribution in [2.75, 3.05) is 32.1 Å². The Morgan fingerprint density at radius 1 is 1.12 bits per heavy atom. The third-order valence-corrected chi connectivity index (χ3v) is 8.05. The zero-order valence-electron chi connectivity index (χ0n) is 28.2. The van der Waals surface area contributed by atoms with Gasteiger partial charge in [0, 0.05) is 43.7 Å². The van der Waals surface area contributed by atoms with Crippen molar-refractivity contribution in [2.45, 2.75) is 83.7 Å². The van der Waals surface area contributed by atoms with Gasteiger partial charge in [-0.3, -0.25) is 4.79 Å². The zero-order chi connectivity index (χ0) is 35.7. The van der Waals surface area contributed by atoms with Crippen molar-refractivity contribution in [3.63, 3.8) is 0 Å². The van der Waals surface area contributed by atoms with Crippen molar-refractivity contribution in [3.8, 4) is 11.5 Å². The summed E-state index contributed by atoms with van der Waals surface area (Å²) in [4.78, 5) is 31.2. The SMILES string of the molecule is COCC(C)(C)n1ccc(C(=O)NCc2nc(-c3cc4c(N[C@@H]5CN(C(=O)OC(C)(C)C)CC[C@@H]5F)cccc4n3CC(F)(F)F)no2)c1. The molecule has 49 heavy (non-hydrogen) atoms. The number of fused-ring (bicyclic) bond motifs is 1. The summed E-state index contributed by atoms with van der Waals surface area (Å²) in [5.41, 5.74) is -0.148. The zero-order valence-corrected chi connectivity index (χ0v) is 28.2. The number of nitrogens with one attached hydrogen (secondary N) is 2. The third-order valence-electron chi connectivity index (χ3n) is 8.05. The number of anilines is 1. The number of ether oxygens (including phenoxy) is 2. The Labute approximate surface area is 280 Å². The van der Waals surface area contributed by atoms with Gasteiger partial charge in [0.05, 0.1) is 41.5 Å². The lowest BCUT2D eigenvalue weighted by Crippen LogP contribution is -2.51. The first-order valence-electron chi connectivity index (χ1n) is 15.8. The summed E-state index contributed by atoms with van der Waals surface area (Å²) in [5, 5.41) is 10.1. The molecule has 266 valence electrons. The van der Waals surface area contributed by atoms with E-state index in [0.717, 1.165) is 4.57 Å². The van der Waals surface area contributed by atoms with Gasteiger partial charge in [-0.25, -0.2) is 9.18 Å². The number of alkyl halides is 4. The van der Waals surface area contributed by atoms with Crippen LogP contribution in [0.3, 0.4) is 0 Å². The number of nitrogens with zero attached hydrogens (tertiary/aromatic N) is 5. The second-order valence-corrected chi connectivity index (χ2v) is 13.7. The van der Waals surface area contributed by atoms with Gasteiger partial charge in [-0.1, -0.05) is 11.2 Å². The number of piperidine rings is 1. The number of carbonyl (C=O) groups is 2. The van der Waals surface area contributed by atoms with E-state index in [9.17, 15) is 22.8 Å². The van der Waals surface area contributed by atoms with Crippen LogP contribution in [-0.4, -0.2) is 87.0 Å². The lowest BCUT2D eigenvalue weighted by molar-refractivity contribution is -0.139. The molecule has 2 atom stereocenters. The number of halogens is 4. The van der Waals surface area contributed by atoms with E-state index < -0.39 is 42.5 Å². The predicted octanol–water partition coefficient (Wildman–Crippen LogP) is 6.13. The molecule has 0 spiro atoms. The number of carbonyl (C=O) groups excluding carboxylic acids is 2. The van der Waals surface area contributed by atoms with Gasteiger partial charge in [-0.2, -0.15) is 18.2 Å². The molecule has 2 N–H and O–H groups in total. The third kappa shape index (κ3) is 8.53. The number of rotatable bonds is 10. The van der Waals surface area contributed by atoms with Gasteiger partial charge < -0.3 is 38.7 Å². The average Bonchev–Trinajstić information content (AvgIpc) is 3.75. The molecule has 4 heterocycles. The molecule has 16 heteroatoms. The average molecular weight is 692 g/mol. The lowest BCUT2D eigenvalue weighted by atomic mass is 10.0. The van der Waals surface area contributed by atoms with E-state index in [4.69, 9.17) is 14.0 Å². The number of benzene rings is 1. The number of likely N-dealkylation sites (tertiary alicyclic amines) is 1. The summed E-state index contributed by atoms with van der Waals surface area (Å²) in [5.74, 6) is -0.553. The van der Waals surface area contributed by atoms with E-state index in [1.165, 1.54) is 17.0 Å². The van der Waals surface area contributed by atoms with Crippen molar-refractivity contribution in [1.29, 1.82) is 0 Å². The van der Waals surface area contributed by atoms with Gasteiger partial charge in [-0.15, -0.1) is 0 Å². The number of amides is 2. The van der Waals surface area contributed by atoms with Gasteiger partial charge in [0.15, 0.2) is 0 Å². The highest BCUT2D eigenvalue weighted by Gasteiger charge is 2.35. The van der Waals surface area contributed by atoms with Gasteiger partial charge in [0.2, 0.25) is 11.7 Å². The van der Waals surface area contributed by atoms with Crippen molar-refractivity contribution in [1.82, 2.24) is 29.5 Å². The van der Waals surface area contributed by atoms with E-state index in [0.29, 0.717) is 23.2 Å². The lowest BCUT2D eigenvalue weighted by Gasteiger charge is -2.36. The Hall–Kier alpha value is -4.60. The maximum Gasteiger partial charge on any atom is 0.410 e. The van der Waals surface area contributed by atoms with Crippen molar-refractivity contribution in [3.05, 3.63) is 54.2 Å². The van der Waals surface area contributed by atoms with E-state index in [1.807, 2.05) is 18.4 Å².